The third-order valence-electron chi connectivity index (χ3n) is 2.03. The fraction of sp³-hybridized carbons (Fsp3) is 0.556. The zero-order valence-corrected chi connectivity index (χ0v) is 8.53. The third kappa shape index (κ3) is 2.85. The highest BCUT2D eigenvalue weighted by Gasteiger charge is 2.09. The maximum absolute atomic E-state index is 11.3. The Kier molecular flexibility index (Phi) is 3.64. The molecule has 1 unspecified atom stereocenters. The SMILES string of the molecule is CC(CN)C(=O)NCc1cnn(C)c1. The molecule has 0 aromatic carbocycles. The molecule has 14 heavy (non-hydrogen) atoms. The van der Waals surface area contributed by atoms with Crippen molar-refractivity contribution in [3.8, 4) is 0 Å². The summed E-state index contributed by atoms with van der Waals surface area (Å²) in [6, 6.07) is 0. The van der Waals surface area contributed by atoms with Crippen LogP contribution in [0.4, 0.5) is 0 Å². The molecule has 1 amide bonds. The van der Waals surface area contributed by atoms with Gasteiger partial charge in [-0.3, -0.25) is 9.48 Å². The molecular formula is C9H16N4O. The summed E-state index contributed by atoms with van der Waals surface area (Å²) in [6.45, 7) is 2.69. The molecule has 1 aromatic heterocycles. The number of amides is 1. The molecule has 0 aliphatic rings. The lowest BCUT2D eigenvalue weighted by molar-refractivity contribution is -0.124. The summed E-state index contributed by atoms with van der Waals surface area (Å²) in [5, 5.41) is 6.79. The maximum atomic E-state index is 11.3. The summed E-state index contributed by atoms with van der Waals surface area (Å²) in [5.74, 6) is -0.150. The van der Waals surface area contributed by atoms with E-state index >= 15 is 0 Å². The molecule has 0 saturated carbocycles. The van der Waals surface area contributed by atoms with E-state index in [0.29, 0.717) is 13.1 Å². The summed E-state index contributed by atoms with van der Waals surface area (Å²) in [6.07, 6.45) is 3.60. The molecule has 1 heterocycles. The fourth-order valence-electron chi connectivity index (χ4n) is 1.03. The smallest absolute Gasteiger partial charge is 0.224 e. The van der Waals surface area contributed by atoms with Crippen LogP contribution in [0.2, 0.25) is 0 Å². The second-order valence-electron chi connectivity index (χ2n) is 3.38. The minimum absolute atomic E-state index is 0.0173. The Morgan fingerprint density at radius 1 is 1.79 bits per heavy atom. The fourth-order valence-corrected chi connectivity index (χ4v) is 1.03. The molecular weight excluding hydrogens is 180 g/mol. The number of carbonyl (C=O) groups excluding carboxylic acids is 1. The summed E-state index contributed by atoms with van der Waals surface area (Å²) >= 11 is 0. The van der Waals surface area contributed by atoms with Crippen molar-refractivity contribution in [2.75, 3.05) is 6.54 Å². The van der Waals surface area contributed by atoms with Crippen LogP contribution < -0.4 is 11.1 Å². The molecule has 5 heteroatoms. The number of carbonyl (C=O) groups is 1. The van der Waals surface area contributed by atoms with Gasteiger partial charge in [0.15, 0.2) is 0 Å². The van der Waals surface area contributed by atoms with Gasteiger partial charge in [-0.2, -0.15) is 5.10 Å². The molecule has 0 aliphatic heterocycles. The van der Waals surface area contributed by atoms with Crippen molar-refractivity contribution in [1.29, 1.82) is 0 Å². The highest BCUT2D eigenvalue weighted by atomic mass is 16.1. The van der Waals surface area contributed by atoms with E-state index < -0.39 is 0 Å². The third-order valence-corrected chi connectivity index (χ3v) is 2.03. The quantitative estimate of drug-likeness (QED) is 0.690. The molecule has 1 rings (SSSR count). The maximum Gasteiger partial charge on any atom is 0.224 e. The standard InChI is InChI=1S/C9H16N4O/c1-7(3-10)9(14)11-4-8-5-12-13(2)6-8/h5-7H,3-4,10H2,1-2H3,(H,11,14). The summed E-state index contributed by atoms with van der Waals surface area (Å²) in [5.41, 5.74) is 6.36. The van der Waals surface area contributed by atoms with Gasteiger partial charge in [0, 0.05) is 37.8 Å². The Balaban J connectivity index is 2.37. The molecule has 0 bridgehead atoms. The van der Waals surface area contributed by atoms with Gasteiger partial charge < -0.3 is 11.1 Å². The van der Waals surface area contributed by atoms with Crippen molar-refractivity contribution in [3.05, 3.63) is 18.0 Å². The number of aromatic nitrogens is 2. The Morgan fingerprint density at radius 2 is 2.50 bits per heavy atom. The second-order valence-corrected chi connectivity index (χ2v) is 3.38. The van der Waals surface area contributed by atoms with Gasteiger partial charge in [-0.25, -0.2) is 0 Å². The lowest BCUT2D eigenvalue weighted by Crippen LogP contribution is -2.32. The predicted octanol–water partition coefficient (Wildman–Crippen LogP) is -0.369. The molecule has 0 aliphatic carbocycles. The predicted molar refractivity (Wildman–Crippen MR) is 53.3 cm³/mol. The molecule has 0 radical (unpaired) electrons. The van der Waals surface area contributed by atoms with Gasteiger partial charge in [-0.05, 0) is 0 Å². The van der Waals surface area contributed by atoms with Gasteiger partial charge >= 0.3 is 0 Å². The van der Waals surface area contributed by atoms with Crippen LogP contribution in [0.15, 0.2) is 12.4 Å². The van der Waals surface area contributed by atoms with Crippen molar-refractivity contribution in [2.45, 2.75) is 13.5 Å². The monoisotopic (exact) mass is 196 g/mol. The van der Waals surface area contributed by atoms with Gasteiger partial charge in [-0.1, -0.05) is 6.92 Å². The van der Waals surface area contributed by atoms with Gasteiger partial charge in [0.2, 0.25) is 5.91 Å². The van der Waals surface area contributed by atoms with Crippen molar-refractivity contribution >= 4 is 5.91 Å². The van der Waals surface area contributed by atoms with Crippen LogP contribution in [-0.4, -0.2) is 22.2 Å². The lowest BCUT2D eigenvalue weighted by atomic mass is 10.1. The number of rotatable bonds is 4. The van der Waals surface area contributed by atoms with Crippen LogP contribution in [-0.2, 0) is 18.4 Å². The molecule has 78 valence electrons. The Bertz CT molecular complexity index is 308. The zero-order chi connectivity index (χ0) is 10.6. The number of nitrogens with two attached hydrogens (primary N) is 1. The first kappa shape index (κ1) is 10.7. The van der Waals surface area contributed by atoms with E-state index in [-0.39, 0.29) is 11.8 Å². The van der Waals surface area contributed by atoms with Crippen LogP contribution in [0.3, 0.4) is 0 Å². The molecule has 3 N–H and O–H groups in total. The minimum Gasteiger partial charge on any atom is -0.352 e. The van der Waals surface area contributed by atoms with E-state index in [1.807, 2.05) is 13.2 Å². The summed E-state index contributed by atoms with van der Waals surface area (Å²) in [7, 11) is 1.84. The molecule has 5 nitrogen and oxygen atoms in total. The van der Waals surface area contributed by atoms with E-state index in [1.165, 1.54) is 0 Å². The number of aryl methyl sites for hydroxylation is 1. The van der Waals surface area contributed by atoms with Crippen LogP contribution in [0.25, 0.3) is 0 Å². The van der Waals surface area contributed by atoms with Crippen molar-refractivity contribution in [3.63, 3.8) is 0 Å². The second kappa shape index (κ2) is 4.76. The van der Waals surface area contributed by atoms with E-state index in [9.17, 15) is 4.79 Å². The molecule has 0 spiro atoms. The molecule has 1 atom stereocenters. The number of hydrogen-bond acceptors (Lipinski definition) is 3. The summed E-state index contributed by atoms with van der Waals surface area (Å²) in [4.78, 5) is 11.3. The van der Waals surface area contributed by atoms with Crippen molar-refractivity contribution in [2.24, 2.45) is 18.7 Å². The van der Waals surface area contributed by atoms with Gasteiger partial charge in [-0.15, -0.1) is 0 Å². The summed E-state index contributed by atoms with van der Waals surface area (Å²) < 4.78 is 1.70. The van der Waals surface area contributed by atoms with E-state index in [2.05, 4.69) is 10.4 Å². The number of hydrogen-bond donors (Lipinski definition) is 2. The van der Waals surface area contributed by atoms with E-state index in [0.717, 1.165) is 5.56 Å². The van der Waals surface area contributed by atoms with Crippen LogP contribution in [0.1, 0.15) is 12.5 Å². The Labute approximate surface area is 83.3 Å². The first-order valence-corrected chi connectivity index (χ1v) is 4.58. The Morgan fingerprint density at radius 3 is 3.00 bits per heavy atom. The van der Waals surface area contributed by atoms with Crippen molar-refractivity contribution < 1.29 is 4.79 Å². The number of nitrogens with zero attached hydrogens (tertiary/aromatic N) is 2. The van der Waals surface area contributed by atoms with E-state index in [1.54, 1.807) is 17.8 Å². The molecule has 0 fully saturated rings. The number of nitrogens with one attached hydrogen (secondary N) is 1. The highest BCUT2D eigenvalue weighted by Crippen LogP contribution is 1.97. The topological polar surface area (TPSA) is 72.9 Å². The largest absolute Gasteiger partial charge is 0.352 e. The average molecular weight is 196 g/mol. The Hall–Kier alpha value is -1.36. The van der Waals surface area contributed by atoms with Gasteiger partial charge in [0.25, 0.3) is 0 Å². The molecule has 0 saturated heterocycles. The zero-order valence-electron chi connectivity index (χ0n) is 8.53. The average Bonchev–Trinajstić information content (AvgIpc) is 2.59. The molecule has 1 aromatic rings. The van der Waals surface area contributed by atoms with Crippen LogP contribution in [0, 0.1) is 5.92 Å². The van der Waals surface area contributed by atoms with Gasteiger partial charge in [0.1, 0.15) is 0 Å². The van der Waals surface area contributed by atoms with Crippen LogP contribution >= 0.6 is 0 Å². The normalized spacial score (nSPS) is 12.5. The van der Waals surface area contributed by atoms with Gasteiger partial charge in [0.05, 0.1) is 6.20 Å². The first-order chi connectivity index (χ1) is 6.63. The highest BCUT2D eigenvalue weighted by molar-refractivity contribution is 5.78. The minimum atomic E-state index is -0.133. The lowest BCUT2D eigenvalue weighted by Gasteiger charge is -2.08. The van der Waals surface area contributed by atoms with E-state index in [4.69, 9.17) is 5.73 Å². The van der Waals surface area contributed by atoms with Crippen LogP contribution in [0.5, 0.6) is 0 Å². The first-order valence-electron chi connectivity index (χ1n) is 4.58. The van der Waals surface area contributed by atoms with Crippen molar-refractivity contribution in [1.82, 2.24) is 15.1 Å².